The van der Waals surface area contributed by atoms with E-state index in [1.807, 2.05) is 78.9 Å². The van der Waals surface area contributed by atoms with Crippen molar-refractivity contribution in [3.8, 4) is 5.75 Å². The molecule has 3 aromatic carbocycles. The molecule has 1 N–H and O–H groups in total. The van der Waals surface area contributed by atoms with Gasteiger partial charge in [0.1, 0.15) is 11.6 Å². The van der Waals surface area contributed by atoms with E-state index in [4.69, 9.17) is 9.73 Å². The third-order valence-electron chi connectivity index (χ3n) is 3.48. The summed E-state index contributed by atoms with van der Waals surface area (Å²) in [6.45, 7) is 0. The largest absolute Gasteiger partial charge is 0.497 e. The predicted molar refractivity (Wildman–Crippen MR) is 103 cm³/mol. The van der Waals surface area contributed by atoms with Crippen LogP contribution in [0.5, 0.6) is 5.75 Å². The first-order valence-electron chi connectivity index (χ1n) is 7.56. The Bertz CT molecular complexity index is 830. The number of nitrogens with one attached hydrogen (secondary N) is 1. The molecular weight excluding hydrogens is 364 g/mol. The van der Waals surface area contributed by atoms with Gasteiger partial charge < -0.3 is 10.1 Å². The molecule has 3 rings (SSSR count). The highest BCUT2D eigenvalue weighted by atomic mass is 79.9. The van der Waals surface area contributed by atoms with Crippen LogP contribution in [0.3, 0.4) is 0 Å². The van der Waals surface area contributed by atoms with E-state index in [9.17, 15) is 0 Å². The van der Waals surface area contributed by atoms with Crippen LogP contribution in [0.2, 0.25) is 0 Å². The number of halogens is 1. The minimum Gasteiger partial charge on any atom is -0.497 e. The van der Waals surface area contributed by atoms with Gasteiger partial charge in [-0.2, -0.15) is 0 Å². The quantitative estimate of drug-likeness (QED) is 0.468. The maximum absolute atomic E-state index is 5.21. The summed E-state index contributed by atoms with van der Waals surface area (Å²) in [7, 11) is 1.66. The molecule has 0 aliphatic rings. The van der Waals surface area contributed by atoms with Crippen LogP contribution in [-0.2, 0) is 0 Å². The Morgan fingerprint density at radius 1 is 0.875 bits per heavy atom. The zero-order chi connectivity index (χ0) is 16.8. The van der Waals surface area contributed by atoms with Gasteiger partial charge in [-0.1, -0.05) is 42.5 Å². The van der Waals surface area contributed by atoms with Gasteiger partial charge in [-0.05, 0) is 52.3 Å². The van der Waals surface area contributed by atoms with Crippen LogP contribution in [-0.4, -0.2) is 12.9 Å². The number of nitrogens with zero attached hydrogens (tertiary/aromatic N) is 1. The van der Waals surface area contributed by atoms with Gasteiger partial charge in [0, 0.05) is 15.7 Å². The molecular formula is C20H17BrN2O. The second-order valence-corrected chi connectivity index (χ2v) is 5.99. The zero-order valence-electron chi connectivity index (χ0n) is 13.2. The second-order valence-electron chi connectivity index (χ2n) is 5.13. The van der Waals surface area contributed by atoms with E-state index >= 15 is 0 Å². The predicted octanol–water partition coefficient (Wildman–Crippen LogP) is 5.65. The molecule has 0 unspecified atom stereocenters. The standard InChI is InChI=1S/C20H17BrN2O/c1-24-17-13-11-16(12-14-17)22-20(15-7-3-2-4-8-15)23-19-10-6-5-9-18(19)21/h2-14H,1H3,(H,22,23). The summed E-state index contributed by atoms with van der Waals surface area (Å²) in [5.74, 6) is 1.61. The van der Waals surface area contributed by atoms with Crippen LogP contribution in [0, 0.1) is 0 Å². The highest BCUT2D eigenvalue weighted by molar-refractivity contribution is 9.10. The molecule has 0 aliphatic carbocycles. The first kappa shape index (κ1) is 16.3. The first-order valence-corrected chi connectivity index (χ1v) is 8.35. The van der Waals surface area contributed by atoms with E-state index < -0.39 is 0 Å². The molecule has 24 heavy (non-hydrogen) atoms. The van der Waals surface area contributed by atoms with Gasteiger partial charge in [0.15, 0.2) is 0 Å². The second kappa shape index (κ2) is 7.79. The Labute approximate surface area is 150 Å². The highest BCUT2D eigenvalue weighted by Gasteiger charge is 2.06. The highest BCUT2D eigenvalue weighted by Crippen LogP contribution is 2.26. The molecule has 0 atom stereocenters. The molecule has 0 bridgehead atoms. The summed E-state index contributed by atoms with van der Waals surface area (Å²) in [6, 6.07) is 25.7. The summed E-state index contributed by atoms with van der Waals surface area (Å²) in [6.07, 6.45) is 0. The lowest BCUT2D eigenvalue weighted by Crippen LogP contribution is -2.13. The molecule has 0 heterocycles. The van der Waals surface area contributed by atoms with Crippen molar-refractivity contribution in [2.75, 3.05) is 12.4 Å². The molecule has 0 fully saturated rings. The fraction of sp³-hybridized carbons (Fsp3) is 0.0500. The van der Waals surface area contributed by atoms with E-state index in [0.717, 1.165) is 33.0 Å². The fourth-order valence-electron chi connectivity index (χ4n) is 2.23. The van der Waals surface area contributed by atoms with Gasteiger partial charge in [0.2, 0.25) is 0 Å². The Kier molecular flexibility index (Phi) is 5.29. The van der Waals surface area contributed by atoms with Crippen LogP contribution < -0.4 is 10.1 Å². The van der Waals surface area contributed by atoms with Crippen molar-refractivity contribution < 1.29 is 4.74 Å². The lowest BCUT2D eigenvalue weighted by Gasteiger charge is -2.11. The Morgan fingerprint density at radius 3 is 2.21 bits per heavy atom. The number of methoxy groups -OCH3 is 1. The molecule has 0 radical (unpaired) electrons. The van der Waals surface area contributed by atoms with Crippen molar-refractivity contribution >= 4 is 33.1 Å². The summed E-state index contributed by atoms with van der Waals surface area (Å²) in [5.41, 5.74) is 2.84. The molecule has 4 heteroatoms. The van der Waals surface area contributed by atoms with E-state index in [1.54, 1.807) is 7.11 Å². The van der Waals surface area contributed by atoms with Crippen molar-refractivity contribution in [2.24, 2.45) is 4.99 Å². The fourth-order valence-corrected chi connectivity index (χ4v) is 2.61. The molecule has 0 saturated carbocycles. The molecule has 0 aliphatic heterocycles. The minimum absolute atomic E-state index is 0.785. The average molecular weight is 381 g/mol. The number of benzene rings is 3. The number of anilines is 1. The number of para-hydroxylation sites is 1. The maximum atomic E-state index is 5.21. The topological polar surface area (TPSA) is 33.6 Å². The SMILES string of the molecule is COc1ccc(NC(=Nc2ccccc2Br)c2ccccc2)cc1. The van der Waals surface area contributed by atoms with Crippen LogP contribution in [0.4, 0.5) is 11.4 Å². The number of amidine groups is 1. The van der Waals surface area contributed by atoms with Crippen LogP contribution in [0.15, 0.2) is 88.3 Å². The van der Waals surface area contributed by atoms with Crippen LogP contribution in [0.25, 0.3) is 0 Å². The Morgan fingerprint density at radius 2 is 1.54 bits per heavy atom. The lowest BCUT2D eigenvalue weighted by molar-refractivity contribution is 0.415. The van der Waals surface area contributed by atoms with Gasteiger partial charge in [-0.3, -0.25) is 0 Å². The molecule has 0 spiro atoms. The molecule has 120 valence electrons. The van der Waals surface area contributed by atoms with Gasteiger partial charge >= 0.3 is 0 Å². The number of hydrogen-bond donors (Lipinski definition) is 1. The summed E-state index contributed by atoms with van der Waals surface area (Å²) in [5, 5.41) is 3.40. The van der Waals surface area contributed by atoms with Gasteiger partial charge in [-0.15, -0.1) is 0 Å². The van der Waals surface area contributed by atoms with Crippen molar-refractivity contribution in [1.82, 2.24) is 0 Å². The van der Waals surface area contributed by atoms with Gasteiger partial charge in [-0.25, -0.2) is 4.99 Å². The number of aliphatic imine (C=N–C) groups is 1. The lowest BCUT2D eigenvalue weighted by atomic mass is 10.2. The normalized spacial score (nSPS) is 11.2. The van der Waals surface area contributed by atoms with E-state index in [0.29, 0.717) is 0 Å². The first-order chi connectivity index (χ1) is 11.8. The van der Waals surface area contributed by atoms with Crippen molar-refractivity contribution in [3.63, 3.8) is 0 Å². The van der Waals surface area contributed by atoms with Crippen molar-refractivity contribution in [1.29, 1.82) is 0 Å². The smallest absolute Gasteiger partial charge is 0.138 e. The van der Waals surface area contributed by atoms with Gasteiger partial charge in [0.05, 0.1) is 12.8 Å². The Hall–Kier alpha value is -2.59. The third kappa shape index (κ3) is 4.03. The van der Waals surface area contributed by atoms with Crippen LogP contribution >= 0.6 is 15.9 Å². The third-order valence-corrected chi connectivity index (χ3v) is 4.16. The van der Waals surface area contributed by atoms with E-state index in [2.05, 4.69) is 21.2 Å². The molecule has 3 nitrogen and oxygen atoms in total. The van der Waals surface area contributed by atoms with E-state index in [1.165, 1.54) is 0 Å². The molecule has 3 aromatic rings. The van der Waals surface area contributed by atoms with Gasteiger partial charge in [0.25, 0.3) is 0 Å². The summed E-state index contributed by atoms with van der Waals surface area (Å²) < 4.78 is 6.16. The zero-order valence-corrected chi connectivity index (χ0v) is 14.8. The number of hydrogen-bond acceptors (Lipinski definition) is 2. The minimum atomic E-state index is 0.785. The number of rotatable bonds is 4. The van der Waals surface area contributed by atoms with E-state index in [-0.39, 0.29) is 0 Å². The van der Waals surface area contributed by atoms with Crippen molar-refractivity contribution in [2.45, 2.75) is 0 Å². The Balaban J connectivity index is 1.97. The monoisotopic (exact) mass is 380 g/mol. The van der Waals surface area contributed by atoms with Crippen LogP contribution in [0.1, 0.15) is 5.56 Å². The molecule has 0 saturated heterocycles. The summed E-state index contributed by atoms with van der Waals surface area (Å²) >= 11 is 3.55. The number of ether oxygens (including phenoxy) is 1. The maximum Gasteiger partial charge on any atom is 0.138 e. The summed E-state index contributed by atoms with van der Waals surface area (Å²) in [4.78, 5) is 4.79. The molecule has 0 aromatic heterocycles. The molecule has 0 amide bonds. The van der Waals surface area contributed by atoms with Crippen molar-refractivity contribution in [3.05, 3.63) is 88.9 Å². The average Bonchev–Trinajstić information content (AvgIpc) is 2.64.